The number of ether oxygens (including phenoxy) is 1. The number of hydrogen-bond acceptors (Lipinski definition) is 2. The van der Waals surface area contributed by atoms with Crippen LogP contribution >= 0.6 is 11.6 Å². The quantitative estimate of drug-likeness (QED) is 0.548. The maximum Gasteiger partial charge on any atom is 0.314 e. The molecule has 0 spiro atoms. The largest absolute Gasteiger partial charge is 0.491 e. The highest BCUT2D eigenvalue weighted by Crippen LogP contribution is 2.21. The molecule has 0 radical (unpaired) electrons. The average molecular weight is 372 g/mol. The number of aryl methyl sites for hydroxylation is 1. The molecule has 26 heavy (non-hydrogen) atoms. The summed E-state index contributed by atoms with van der Waals surface area (Å²) in [7, 11) is 0. The van der Waals surface area contributed by atoms with Crippen molar-refractivity contribution in [1.29, 1.82) is 0 Å². The van der Waals surface area contributed by atoms with Crippen LogP contribution in [0.1, 0.15) is 11.1 Å². The minimum Gasteiger partial charge on any atom is -0.491 e. The molecule has 0 saturated carbocycles. The van der Waals surface area contributed by atoms with Crippen LogP contribution in [-0.4, -0.2) is 30.7 Å². The summed E-state index contributed by atoms with van der Waals surface area (Å²) in [6, 6.07) is 13.4. The maximum atomic E-state index is 11.9. The maximum absolute atomic E-state index is 11.9. The Morgan fingerprint density at radius 2 is 1.96 bits per heavy atom. The van der Waals surface area contributed by atoms with Gasteiger partial charge in [-0.1, -0.05) is 29.8 Å². The van der Waals surface area contributed by atoms with Crippen LogP contribution in [0.3, 0.4) is 0 Å². The minimum absolute atomic E-state index is 0.193. The van der Waals surface area contributed by atoms with E-state index in [9.17, 15) is 4.79 Å². The number of para-hydroxylation sites is 1. The van der Waals surface area contributed by atoms with Crippen LogP contribution in [0.25, 0.3) is 10.9 Å². The number of carbonyl (C=O) groups is 1. The smallest absolute Gasteiger partial charge is 0.314 e. The fourth-order valence-corrected chi connectivity index (χ4v) is 3.04. The van der Waals surface area contributed by atoms with Crippen molar-refractivity contribution in [2.24, 2.45) is 0 Å². The summed E-state index contributed by atoms with van der Waals surface area (Å²) in [6.45, 7) is 3.34. The molecule has 3 N–H and O–H groups in total. The van der Waals surface area contributed by atoms with Gasteiger partial charge in [0.05, 0.1) is 6.54 Å². The molecule has 1 aromatic heterocycles. The predicted molar refractivity (Wildman–Crippen MR) is 105 cm³/mol. The SMILES string of the molecule is Cc1cc(Cl)ccc1OCCNC(=O)NCCc1c[nH]c2ccccc12. The van der Waals surface area contributed by atoms with Crippen LogP contribution in [0.2, 0.25) is 5.02 Å². The van der Waals surface area contributed by atoms with Gasteiger partial charge in [-0.25, -0.2) is 4.79 Å². The second kappa shape index (κ2) is 8.63. The van der Waals surface area contributed by atoms with E-state index in [-0.39, 0.29) is 6.03 Å². The van der Waals surface area contributed by atoms with Crippen molar-refractivity contribution in [2.45, 2.75) is 13.3 Å². The Morgan fingerprint density at radius 3 is 2.81 bits per heavy atom. The Kier molecular flexibility index (Phi) is 6.02. The van der Waals surface area contributed by atoms with Crippen LogP contribution in [-0.2, 0) is 6.42 Å². The van der Waals surface area contributed by atoms with Gasteiger partial charge in [-0.2, -0.15) is 0 Å². The first-order chi connectivity index (χ1) is 12.6. The van der Waals surface area contributed by atoms with Crippen LogP contribution in [0, 0.1) is 6.92 Å². The zero-order valence-corrected chi connectivity index (χ0v) is 15.4. The van der Waals surface area contributed by atoms with Gasteiger partial charge in [0.15, 0.2) is 0 Å². The topological polar surface area (TPSA) is 66.2 Å². The number of carbonyl (C=O) groups excluding carboxylic acids is 1. The van der Waals surface area contributed by atoms with Gasteiger partial charge in [0, 0.05) is 28.7 Å². The van der Waals surface area contributed by atoms with E-state index in [1.165, 1.54) is 10.9 Å². The van der Waals surface area contributed by atoms with Gasteiger partial charge in [0.25, 0.3) is 0 Å². The molecule has 0 aliphatic heterocycles. The van der Waals surface area contributed by atoms with Crippen molar-refractivity contribution in [2.75, 3.05) is 19.7 Å². The monoisotopic (exact) mass is 371 g/mol. The lowest BCUT2D eigenvalue weighted by Gasteiger charge is -2.11. The molecule has 5 nitrogen and oxygen atoms in total. The van der Waals surface area contributed by atoms with E-state index in [1.807, 2.05) is 43.5 Å². The normalized spacial score (nSPS) is 10.7. The first-order valence-corrected chi connectivity index (χ1v) is 8.97. The number of benzene rings is 2. The van der Waals surface area contributed by atoms with Crippen LogP contribution < -0.4 is 15.4 Å². The molecule has 0 bridgehead atoms. The highest BCUT2D eigenvalue weighted by Gasteiger charge is 2.05. The average Bonchev–Trinajstić information content (AvgIpc) is 3.03. The Morgan fingerprint density at radius 1 is 1.15 bits per heavy atom. The van der Waals surface area contributed by atoms with Crippen molar-refractivity contribution < 1.29 is 9.53 Å². The van der Waals surface area contributed by atoms with Crippen LogP contribution in [0.15, 0.2) is 48.7 Å². The number of urea groups is 1. The van der Waals surface area contributed by atoms with Crippen molar-refractivity contribution in [1.82, 2.24) is 15.6 Å². The molecule has 1 heterocycles. The van der Waals surface area contributed by atoms with Crippen LogP contribution in [0.4, 0.5) is 4.79 Å². The predicted octanol–water partition coefficient (Wildman–Crippen LogP) is 4.05. The van der Waals surface area contributed by atoms with Gasteiger partial charge in [0.1, 0.15) is 12.4 Å². The lowest BCUT2D eigenvalue weighted by Crippen LogP contribution is -2.38. The first kappa shape index (κ1) is 18.1. The summed E-state index contributed by atoms with van der Waals surface area (Å²) in [5.74, 6) is 0.774. The van der Waals surface area contributed by atoms with E-state index in [0.717, 1.165) is 23.3 Å². The number of aromatic amines is 1. The van der Waals surface area contributed by atoms with Crippen molar-refractivity contribution in [3.05, 3.63) is 64.8 Å². The van der Waals surface area contributed by atoms with E-state index in [4.69, 9.17) is 16.3 Å². The Bertz CT molecular complexity index is 892. The number of hydrogen-bond donors (Lipinski definition) is 3. The molecular weight excluding hydrogens is 350 g/mol. The molecule has 6 heteroatoms. The number of amides is 2. The highest BCUT2D eigenvalue weighted by molar-refractivity contribution is 6.30. The van der Waals surface area contributed by atoms with E-state index in [2.05, 4.69) is 21.7 Å². The molecule has 0 atom stereocenters. The van der Waals surface area contributed by atoms with Gasteiger partial charge in [-0.3, -0.25) is 0 Å². The highest BCUT2D eigenvalue weighted by atomic mass is 35.5. The fourth-order valence-electron chi connectivity index (χ4n) is 2.81. The molecule has 136 valence electrons. The van der Waals surface area contributed by atoms with E-state index in [0.29, 0.717) is 24.7 Å². The summed E-state index contributed by atoms with van der Waals surface area (Å²) >= 11 is 5.91. The molecule has 2 amide bonds. The number of fused-ring (bicyclic) bond motifs is 1. The van der Waals surface area contributed by atoms with Crippen LogP contribution in [0.5, 0.6) is 5.75 Å². The summed E-state index contributed by atoms with van der Waals surface area (Å²) in [4.78, 5) is 15.1. The number of aromatic nitrogens is 1. The Balaban J connectivity index is 1.35. The number of nitrogens with one attached hydrogen (secondary N) is 3. The molecule has 3 aromatic rings. The Labute approximate surface area is 157 Å². The molecule has 2 aromatic carbocycles. The molecule has 0 saturated heterocycles. The van der Waals surface area contributed by atoms with E-state index >= 15 is 0 Å². The lowest BCUT2D eigenvalue weighted by atomic mass is 10.1. The third kappa shape index (κ3) is 4.70. The van der Waals surface area contributed by atoms with E-state index in [1.54, 1.807) is 6.07 Å². The number of rotatable bonds is 7. The lowest BCUT2D eigenvalue weighted by molar-refractivity contribution is 0.236. The van der Waals surface area contributed by atoms with Crippen molar-refractivity contribution in [3.63, 3.8) is 0 Å². The fraction of sp³-hybridized carbons (Fsp3) is 0.250. The summed E-state index contributed by atoms with van der Waals surface area (Å²) in [5.41, 5.74) is 3.28. The molecular formula is C20H22ClN3O2. The molecule has 3 rings (SSSR count). The third-order valence-corrected chi connectivity index (χ3v) is 4.37. The zero-order chi connectivity index (χ0) is 18.4. The number of H-pyrrole nitrogens is 1. The third-order valence-electron chi connectivity index (χ3n) is 4.14. The minimum atomic E-state index is -0.193. The summed E-state index contributed by atoms with van der Waals surface area (Å²) in [5, 5.41) is 7.54. The molecule has 0 fully saturated rings. The molecule has 0 unspecified atom stereocenters. The standard InChI is InChI=1S/C20H22ClN3O2/c1-14-12-16(21)6-7-19(14)26-11-10-23-20(25)22-9-8-15-13-24-18-5-3-2-4-17(15)18/h2-7,12-13,24H,8-11H2,1H3,(H2,22,23,25). The second-order valence-electron chi connectivity index (χ2n) is 6.05. The molecule has 0 aliphatic rings. The van der Waals surface area contributed by atoms with Gasteiger partial charge >= 0.3 is 6.03 Å². The van der Waals surface area contributed by atoms with Gasteiger partial charge < -0.3 is 20.4 Å². The summed E-state index contributed by atoms with van der Waals surface area (Å²) in [6.07, 6.45) is 2.77. The molecule has 0 aliphatic carbocycles. The van der Waals surface area contributed by atoms with Gasteiger partial charge in [-0.05, 0) is 48.7 Å². The summed E-state index contributed by atoms with van der Waals surface area (Å²) < 4.78 is 5.65. The van der Waals surface area contributed by atoms with Crippen molar-refractivity contribution in [3.8, 4) is 5.75 Å². The van der Waals surface area contributed by atoms with Crippen molar-refractivity contribution >= 4 is 28.5 Å². The first-order valence-electron chi connectivity index (χ1n) is 8.59. The Hall–Kier alpha value is -2.66. The van der Waals surface area contributed by atoms with Gasteiger partial charge in [-0.15, -0.1) is 0 Å². The number of halogens is 1. The van der Waals surface area contributed by atoms with E-state index < -0.39 is 0 Å². The second-order valence-corrected chi connectivity index (χ2v) is 6.49. The zero-order valence-electron chi connectivity index (χ0n) is 14.6. The van der Waals surface area contributed by atoms with Gasteiger partial charge in [0.2, 0.25) is 0 Å².